The van der Waals surface area contributed by atoms with Crippen molar-refractivity contribution in [2.45, 2.75) is 121 Å². The largest absolute Gasteiger partial charge is 0.481 e. The summed E-state index contributed by atoms with van der Waals surface area (Å²) < 4.78 is 0. The van der Waals surface area contributed by atoms with Gasteiger partial charge in [-0.15, -0.1) is 0 Å². The predicted molar refractivity (Wildman–Crippen MR) is 178 cm³/mol. The van der Waals surface area contributed by atoms with E-state index in [0.29, 0.717) is 0 Å². The van der Waals surface area contributed by atoms with E-state index in [1.165, 1.54) is 6.92 Å². The molecule has 8 atom stereocenters. The van der Waals surface area contributed by atoms with Crippen molar-refractivity contribution < 1.29 is 73.5 Å². The van der Waals surface area contributed by atoms with E-state index < -0.39 is 133 Å². The van der Waals surface area contributed by atoms with E-state index >= 15 is 0 Å². The highest BCUT2D eigenvalue weighted by molar-refractivity contribution is 5.99. The van der Waals surface area contributed by atoms with Gasteiger partial charge in [-0.05, 0) is 45.4 Å². The Morgan fingerprint density at radius 1 is 0.679 bits per heavy atom. The van der Waals surface area contributed by atoms with Gasteiger partial charge in [0.1, 0.15) is 30.2 Å². The molecular weight excluding hydrogens is 710 g/mol. The third-order valence-corrected chi connectivity index (χ3v) is 7.92. The molecule has 0 aromatic carbocycles. The van der Waals surface area contributed by atoms with Crippen molar-refractivity contribution in [1.29, 1.82) is 0 Å². The number of aliphatic carboxylic acids is 4. The van der Waals surface area contributed by atoms with Crippen LogP contribution < -0.4 is 32.3 Å². The quantitative estimate of drug-likeness (QED) is 0.0502. The van der Waals surface area contributed by atoms with Gasteiger partial charge in [-0.25, -0.2) is 4.79 Å². The van der Waals surface area contributed by atoms with Crippen LogP contribution >= 0.6 is 0 Å². The third kappa shape index (κ3) is 15.4. The fraction of sp³-hybridized carbons (Fsp3) is 0.677. The number of nitrogens with two attached hydrogens (primary N) is 1. The van der Waals surface area contributed by atoms with E-state index in [-0.39, 0.29) is 31.7 Å². The zero-order chi connectivity index (χ0) is 40.7. The van der Waals surface area contributed by atoms with Gasteiger partial charge >= 0.3 is 23.9 Å². The van der Waals surface area contributed by atoms with Gasteiger partial charge < -0.3 is 62.8 Å². The van der Waals surface area contributed by atoms with Crippen LogP contribution in [0, 0.1) is 5.92 Å². The van der Waals surface area contributed by atoms with Crippen LogP contribution in [0.1, 0.15) is 72.6 Å². The van der Waals surface area contributed by atoms with Crippen molar-refractivity contribution in [2.75, 3.05) is 6.54 Å². The van der Waals surface area contributed by atoms with Crippen molar-refractivity contribution in [3.8, 4) is 0 Å². The van der Waals surface area contributed by atoms with Crippen LogP contribution in [0.5, 0.6) is 0 Å². The molecule has 0 aliphatic carbocycles. The van der Waals surface area contributed by atoms with Crippen molar-refractivity contribution in [3.05, 3.63) is 0 Å². The number of hydrogen-bond donors (Lipinski definition) is 11. The molecule has 1 aliphatic heterocycles. The zero-order valence-corrected chi connectivity index (χ0v) is 29.7. The summed E-state index contributed by atoms with van der Waals surface area (Å²) in [5.74, 6) is -12.5. The molecule has 0 spiro atoms. The molecule has 298 valence electrons. The van der Waals surface area contributed by atoms with Gasteiger partial charge in [0.05, 0.1) is 25.0 Å². The SMILES string of the molecule is CC(C)C[C@H](NC(=O)[C@@H]1CCCN1C(=O)[C@H](CCC(=O)O)NC(=O)[C@H](CC(=O)O)NC(=O)[C@H](CC(=O)O)NC(=O)[C@H](C)N)C(=O)N[C@H](C(=O)O)[C@@H](C)O. The standard InChI is InChI=1S/C31H49N7O15/c1-13(2)10-17(28(49)37-24(15(4)39)31(52)53)36-29(50)20-6-5-9-38(20)30(51)16(7-8-21(40)41)33-26(47)19(12-23(44)45)35-27(48)18(11-22(42)43)34-25(46)14(3)32/h13-20,24,39H,5-12,32H2,1-4H3,(H,33,47)(H,34,46)(H,35,48)(H,36,50)(H,37,49)(H,40,41)(H,42,43)(H,44,45)(H,52,53)/t14-,15+,16-,17-,18-,19-,20-,24-/m0/s1. The number of hydrogen-bond acceptors (Lipinski definition) is 12. The summed E-state index contributed by atoms with van der Waals surface area (Å²) in [6, 6.07) is -10.9. The maximum atomic E-state index is 13.8. The van der Waals surface area contributed by atoms with E-state index in [9.17, 15) is 73.5 Å². The summed E-state index contributed by atoms with van der Waals surface area (Å²) in [7, 11) is 0. The number of aliphatic hydroxyl groups is 1. The number of amides is 6. The van der Waals surface area contributed by atoms with Gasteiger partial charge in [0, 0.05) is 13.0 Å². The van der Waals surface area contributed by atoms with Crippen LogP contribution in [-0.4, -0.2) is 145 Å². The Morgan fingerprint density at radius 3 is 1.60 bits per heavy atom. The average molecular weight is 760 g/mol. The Balaban J connectivity index is 3.32. The van der Waals surface area contributed by atoms with Gasteiger partial charge in [-0.1, -0.05) is 13.8 Å². The normalized spacial score (nSPS) is 17.9. The van der Waals surface area contributed by atoms with Gasteiger partial charge in [0.15, 0.2) is 6.04 Å². The van der Waals surface area contributed by atoms with Crippen molar-refractivity contribution in [3.63, 3.8) is 0 Å². The van der Waals surface area contributed by atoms with E-state index in [1.807, 2.05) is 5.32 Å². The molecule has 0 unspecified atom stereocenters. The number of carboxylic acids is 4. The Labute approximate surface area is 303 Å². The minimum atomic E-state index is -1.96. The smallest absolute Gasteiger partial charge is 0.328 e. The monoisotopic (exact) mass is 759 g/mol. The minimum Gasteiger partial charge on any atom is -0.481 e. The molecular formula is C31H49N7O15. The van der Waals surface area contributed by atoms with Crippen LogP contribution in [0.15, 0.2) is 0 Å². The third-order valence-electron chi connectivity index (χ3n) is 7.92. The molecule has 0 bridgehead atoms. The van der Waals surface area contributed by atoms with Crippen LogP contribution in [0.2, 0.25) is 0 Å². The lowest BCUT2D eigenvalue weighted by Gasteiger charge is -2.31. The lowest BCUT2D eigenvalue weighted by molar-refractivity contribution is -0.146. The lowest BCUT2D eigenvalue weighted by Crippen LogP contribution is -2.60. The highest BCUT2D eigenvalue weighted by Gasteiger charge is 2.40. The molecule has 53 heavy (non-hydrogen) atoms. The van der Waals surface area contributed by atoms with Crippen LogP contribution in [0.4, 0.5) is 0 Å². The summed E-state index contributed by atoms with van der Waals surface area (Å²) in [5.41, 5.74) is 5.45. The van der Waals surface area contributed by atoms with E-state index in [4.69, 9.17) is 5.73 Å². The topological polar surface area (TPSA) is 361 Å². The number of nitrogens with zero attached hydrogens (tertiary/aromatic N) is 1. The fourth-order valence-corrected chi connectivity index (χ4v) is 5.26. The molecule has 0 aromatic rings. The molecule has 1 aliphatic rings. The number of likely N-dealkylation sites (tertiary alicyclic amines) is 1. The molecule has 22 heteroatoms. The van der Waals surface area contributed by atoms with E-state index in [2.05, 4.69) is 21.3 Å². The van der Waals surface area contributed by atoms with Crippen molar-refractivity contribution in [2.24, 2.45) is 11.7 Å². The summed E-state index contributed by atoms with van der Waals surface area (Å²) >= 11 is 0. The van der Waals surface area contributed by atoms with Crippen LogP contribution in [0.25, 0.3) is 0 Å². The summed E-state index contributed by atoms with van der Waals surface area (Å²) in [4.78, 5) is 126. The first kappa shape index (κ1) is 45.6. The summed E-state index contributed by atoms with van der Waals surface area (Å²) in [5, 5.41) is 58.1. The van der Waals surface area contributed by atoms with Crippen molar-refractivity contribution in [1.82, 2.24) is 31.5 Å². The number of carbonyl (C=O) groups excluding carboxylic acids is 6. The highest BCUT2D eigenvalue weighted by Crippen LogP contribution is 2.21. The van der Waals surface area contributed by atoms with Crippen molar-refractivity contribution >= 4 is 59.3 Å². The van der Waals surface area contributed by atoms with Gasteiger partial charge in [0.25, 0.3) is 0 Å². The molecule has 0 radical (unpaired) electrons. The average Bonchev–Trinajstić information content (AvgIpc) is 3.53. The Bertz CT molecular complexity index is 1400. The molecule has 6 amide bonds. The van der Waals surface area contributed by atoms with Crippen LogP contribution in [0.3, 0.4) is 0 Å². The summed E-state index contributed by atoms with van der Waals surface area (Å²) in [6.45, 7) is 5.77. The zero-order valence-electron chi connectivity index (χ0n) is 29.7. The molecule has 0 saturated carbocycles. The predicted octanol–water partition coefficient (Wildman–Crippen LogP) is -3.93. The van der Waals surface area contributed by atoms with Gasteiger partial charge in [0.2, 0.25) is 35.4 Å². The number of nitrogens with one attached hydrogen (secondary N) is 5. The first-order valence-corrected chi connectivity index (χ1v) is 16.7. The first-order chi connectivity index (χ1) is 24.5. The molecule has 12 N–H and O–H groups in total. The van der Waals surface area contributed by atoms with Gasteiger partial charge in [-0.2, -0.15) is 0 Å². The first-order valence-electron chi connectivity index (χ1n) is 16.7. The second kappa shape index (κ2) is 21.2. The maximum Gasteiger partial charge on any atom is 0.328 e. The Kier molecular flexibility index (Phi) is 18.3. The molecule has 1 rings (SSSR count). The molecule has 1 heterocycles. The number of carbonyl (C=O) groups is 10. The fourth-order valence-electron chi connectivity index (χ4n) is 5.26. The second-order valence-electron chi connectivity index (χ2n) is 13.0. The molecule has 1 fully saturated rings. The summed E-state index contributed by atoms with van der Waals surface area (Å²) in [6.07, 6.45) is -4.46. The molecule has 22 nitrogen and oxygen atoms in total. The number of aliphatic hydroxyl groups excluding tert-OH is 1. The Hall–Kier alpha value is -5.38. The molecule has 0 aromatic heterocycles. The number of rotatable bonds is 22. The van der Waals surface area contributed by atoms with Gasteiger partial charge in [-0.3, -0.25) is 43.2 Å². The lowest BCUT2D eigenvalue weighted by atomic mass is 10.0. The van der Waals surface area contributed by atoms with E-state index in [0.717, 1.165) is 11.8 Å². The molecule has 1 saturated heterocycles. The van der Waals surface area contributed by atoms with Crippen LogP contribution in [-0.2, 0) is 47.9 Å². The minimum absolute atomic E-state index is 0.0284. The maximum absolute atomic E-state index is 13.8. The highest BCUT2D eigenvalue weighted by atomic mass is 16.4. The Morgan fingerprint density at radius 2 is 1.17 bits per heavy atom. The second-order valence-corrected chi connectivity index (χ2v) is 13.0. The number of carboxylic acid groups (broad SMARTS) is 4. The van der Waals surface area contributed by atoms with E-state index in [1.54, 1.807) is 13.8 Å².